The summed E-state index contributed by atoms with van der Waals surface area (Å²) in [6.45, 7) is 34.2. The van der Waals surface area contributed by atoms with Crippen LogP contribution >= 0.6 is 12.2 Å². The Hall–Kier alpha value is -10.8. The number of amides is 1. The second-order valence-electron chi connectivity index (χ2n) is 31.7. The van der Waals surface area contributed by atoms with Crippen molar-refractivity contribution >= 4 is 125 Å². The van der Waals surface area contributed by atoms with Crippen molar-refractivity contribution in [3.63, 3.8) is 0 Å². The molecule has 25 heteroatoms. The zero-order valence-electron chi connectivity index (χ0n) is 73.1. The molecule has 3 N–H and O–H groups in total. The number of aromatic nitrogens is 4. The number of fused-ring (bicyclic) bond motifs is 4. The van der Waals surface area contributed by atoms with Crippen LogP contribution in [0.4, 0.5) is 0 Å². The number of nitrogens with zero attached hydrogens (tertiary/aromatic N) is 6. The molecule has 4 bridgehead atoms. The quantitative estimate of drug-likeness (QED) is 0.0161. The van der Waals surface area contributed by atoms with Gasteiger partial charge in [-0.25, -0.2) is 9.13 Å². The van der Waals surface area contributed by atoms with Gasteiger partial charge >= 0.3 is 49.1 Å². The van der Waals surface area contributed by atoms with Crippen LogP contribution in [0.5, 0.6) is 0 Å². The van der Waals surface area contributed by atoms with Gasteiger partial charge in [-0.3, -0.25) is 20.7 Å². The SMILES string of the molecule is CCCCc1c(C)c2n3c1C=c1[nH]c(c(CCCC)c1C)=CC1=[N+]4C(=CC5=[N+](C(=C2)C(CCC(=O)OCC)=C5C)C34)C(CCC(=O)NCCc2ccc(CC(C)=S)cc2)=C1C.CCCCc1c(C)c2n3c1C=c1[nH]c(c(CCCC)c1C)=CC1=[N+]4C(=CC5=[N+](C(=C2)C(CCC(=O)OCC)=C5C)C34)C(CC[C-]=O)=C1C.O=C=O.O=C=O.O=C=O.O=C=O.[Y]. The summed E-state index contributed by atoms with van der Waals surface area (Å²) < 4.78 is 26.1. The van der Waals surface area contributed by atoms with Crippen molar-refractivity contribution in [1.82, 2.24) is 24.4 Å². The fourth-order valence-electron chi connectivity index (χ4n) is 18.8. The van der Waals surface area contributed by atoms with Gasteiger partial charge in [-0.15, -0.1) is 24.7 Å². The molecule has 5 aromatic rings. The monoisotopic (exact) mass is 1750 g/mol. The zero-order chi connectivity index (χ0) is 87.8. The summed E-state index contributed by atoms with van der Waals surface area (Å²) in [7, 11) is 0. The van der Waals surface area contributed by atoms with Crippen LogP contribution < -0.4 is 26.7 Å². The number of carbonyl (C=O) groups excluding carboxylic acids is 12. The maximum atomic E-state index is 13.6. The van der Waals surface area contributed by atoms with Crippen LogP contribution in [0, 0.1) is 27.7 Å². The Morgan fingerprint density at radius 3 is 1.12 bits per heavy atom. The summed E-state index contributed by atoms with van der Waals surface area (Å²) in [5, 5.41) is 7.95. The number of benzene rings is 1. The van der Waals surface area contributed by atoms with E-state index >= 15 is 0 Å². The minimum absolute atomic E-state index is 0. The summed E-state index contributed by atoms with van der Waals surface area (Å²) in [5.74, 6) is -0.257. The van der Waals surface area contributed by atoms with E-state index in [1.165, 1.54) is 179 Å². The molecule has 10 aliphatic rings. The van der Waals surface area contributed by atoms with E-state index in [4.69, 9.17) is 60.0 Å². The summed E-state index contributed by atoms with van der Waals surface area (Å²) >= 11 is 5.30. The number of carbonyl (C=O) groups is 3. The number of hydrogen-bond donors (Lipinski definition) is 3. The Labute approximate surface area is 743 Å². The number of nitrogens with one attached hydrogen (secondary N) is 3. The van der Waals surface area contributed by atoms with Gasteiger partial charge < -0.3 is 29.6 Å². The van der Waals surface area contributed by atoms with Gasteiger partial charge in [-0.1, -0.05) is 89.9 Å². The molecule has 0 spiro atoms. The van der Waals surface area contributed by atoms with Gasteiger partial charge in [0.1, 0.15) is 0 Å². The number of ether oxygens (including phenoxy) is 2. The topological polar surface area (TPSA) is 289 Å². The molecule has 635 valence electrons. The summed E-state index contributed by atoms with van der Waals surface area (Å²) in [4.78, 5) is 125. The molecule has 14 heterocycles. The first-order valence-electron chi connectivity index (χ1n) is 42.5. The number of esters is 2. The third kappa shape index (κ3) is 19.2. The Bertz CT molecular complexity index is 5840. The first-order valence-corrected chi connectivity index (χ1v) is 42.9. The zero-order valence-corrected chi connectivity index (χ0v) is 76.8. The first-order chi connectivity index (χ1) is 58.4. The van der Waals surface area contributed by atoms with Crippen LogP contribution in [0.2, 0.25) is 0 Å². The minimum atomic E-state index is -0.203. The van der Waals surface area contributed by atoms with Crippen molar-refractivity contribution in [2.75, 3.05) is 19.8 Å². The van der Waals surface area contributed by atoms with Crippen molar-refractivity contribution in [3.05, 3.63) is 204 Å². The van der Waals surface area contributed by atoms with Gasteiger partial charge in [0.15, 0.2) is 0 Å². The van der Waals surface area contributed by atoms with Crippen LogP contribution in [-0.4, -0.2) is 134 Å². The molecule has 2 unspecified atom stereocenters. The first kappa shape index (κ1) is 95.1. The molecular formula is C97H112N9O14SY+3. The van der Waals surface area contributed by atoms with E-state index < -0.39 is 0 Å². The number of H-pyrrole nitrogens is 2. The molecule has 2 atom stereocenters. The van der Waals surface area contributed by atoms with E-state index in [-0.39, 0.29) is 87.7 Å². The summed E-state index contributed by atoms with van der Waals surface area (Å²) in [5.41, 5.74) is 37.3. The molecule has 4 aromatic heterocycles. The van der Waals surface area contributed by atoms with E-state index in [9.17, 15) is 19.2 Å². The fourth-order valence-corrected chi connectivity index (χ4v) is 19.0. The Kier molecular flexibility index (Phi) is 33.7. The smallest absolute Gasteiger partial charge is 0.446 e. The van der Waals surface area contributed by atoms with Crippen molar-refractivity contribution in [2.24, 2.45) is 0 Å². The maximum Gasteiger partial charge on any atom is 0.446 e. The Morgan fingerprint density at radius 1 is 0.434 bits per heavy atom. The molecule has 0 saturated heterocycles. The number of hydrogen-bond acceptors (Lipinski definition) is 15. The predicted molar refractivity (Wildman–Crippen MR) is 462 cm³/mol. The molecule has 15 rings (SSSR count). The van der Waals surface area contributed by atoms with E-state index in [1.54, 1.807) is 0 Å². The normalized spacial score (nSPS) is 16.1. The molecule has 122 heavy (non-hydrogen) atoms. The third-order valence-electron chi connectivity index (χ3n) is 24.7. The van der Waals surface area contributed by atoms with Gasteiger partial charge in [0.25, 0.3) is 0 Å². The van der Waals surface area contributed by atoms with Crippen molar-refractivity contribution in [3.8, 4) is 0 Å². The molecule has 0 aliphatic carbocycles. The maximum absolute atomic E-state index is 13.6. The average Bonchev–Trinajstić information content (AvgIpc) is 1.53. The summed E-state index contributed by atoms with van der Waals surface area (Å²) in [6.07, 6.45) is 40.5. The number of aromatic amines is 2. The van der Waals surface area contributed by atoms with Crippen molar-refractivity contribution in [2.45, 2.75) is 258 Å². The molecule has 1 aromatic carbocycles. The van der Waals surface area contributed by atoms with E-state index in [1.807, 2.05) is 20.8 Å². The molecule has 23 nitrogen and oxygen atoms in total. The Morgan fingerprint density at radius 2 is 0.770 bits per heavy atom. The number of unbranched alkanes of at least 4 members (excludes halogenated alkanes) is 4. The van der Waals surface area contributed by atoms with E-state index in [0.717, 1.165) is 106 Å². The van der Waals surface area contributed by atoms with Gasteiger partial charge in [-0.05, 0) is 232 Å². The minimum Gasteiger partial charge on any atom is -0.542 e. The second-order valence-corrected chi connectivity index (χ2v) is 32.4. The van der Waals surface area contributed by atoms with Crippen LogP contribution in [0.1, 0.15) is 270 Å². The molecule has 1 amide bonds. The fraction of sp³-hybridized carbons (Fsp3) is 0.433. The molecule has 10 aliphatic heterocycles. The van der Waals surface area contributed by atoms with Crippen LogP contribution in [-0.2, 0) is 138 Å². The molecule has 1 radical (unpaired) electrons. The number of rotatable bonds is 31. The largest absolute Gasteiger partial charge is 0.542 e. The van der Waals surface area contributed by atoms with Gasteiger partial charge in [0, 0.05) is 155 Å². The second kappa shape index (κ2) is 43.3. The summed E-state index contributed by atoms with van der Waals surface area (Å²) in [6, 6.07) is 8.57. The number of allylic oxidation sites excluding steroid dienone is 10. The van der Waals surface area contributed by atoms with Gasteiger partial charge in [0.2, 0.25) is 51.5 Å². The van der Waals surface area contributed by atoms with Crippen molar-refractivity contribution in [1.29, 1.82) is 0 Å². The predicted octanol–water partition coefficient (Wildman–Crippen LogP) is 12.3. The third-order valence-corrected chi connectivity index (χ3v) is 24.8. The Balaban J connectivity index is 0.000000249. The van der Waals surface area contributed by atoms with Gasteiger partial charge in [-0.2, -0.15) is 38.4 Å². The van der Waals surface area contributed by atoms with Crippen LogP contribution in [0.15, 0.2) is 104 Å². The van der Waals surface area contributed by atoms with E-state index in [2.05, 4.69) is 205 Å². The molecule has 0 saturated carbocycles. The van der Waals surface area contributed by atoms with Crippen molar-refractivity contribution < 1.29 is 118 Å². The molecule has 0 fully saturated rings. The van der Waals surface area contributed by atoms with E-state index in [0.29, 0.717) is 71.1 Å². The number of thiocarbonyl (C=S) groups is 1. The van der Waals surface area contributed by atoms with Crippen LogP contribution in [0.3, 0.4) is 0 Å². The molecular weight excluding hydrogens is 1640 g/mol. The average molecular weight is 1750 g/mol. The van der Waals surface area contributed by atoms with Gasteiger partial charge in [0.05, 0.1) is 48.1 Å². The standard InChI is InChI=1S/C52H61N5O3S.C41H48N4O3.4CO2.Y/c1-9-12-14-38-32(5)42-27-47-39(15-13-10-2)33(6)45-29-49-41(21-23-51(59)60-11-3)35(8)46-30-48-40(34(7)44(28-43(38)54-42)55(48)52(56(45)47)57(46)49)20-22-50(58)53-25-24-36-16-18-37(19-17-36)26-31(4)61;1-8-11-14-28-24(4)32-20-37-29(15-12-9-2)26(6)35-23-39-31(17-18-40(47)48-10-3)27(7)36-22-38-30(16-13-19-46)25(5)34(21-33(28)42-32)43(38)41(44(35)37)45(36)39;4*2-1-3;/h16-19,27-30,52H,9-15,20-26H2,1-8H3;20-23,41H,8-18H2,1-7H3;;;;;/p+3. The van der Waals surface area contributed by atoms with Crippen LogP contribution in [0.25, 0.3) is 36.5 Å².